The number of nitrogens with one attached hydrogen (secondary N) is 2. The highest BCUT2D eigenvalue weighted by Crippen LogP contribution is 2.25. The molecule has 1 aromatic heterocycles. The minimum absolute atomic E-state index is 0.0735. The predicted octanol–water partition coefficient (Wildman–Crippen LogP) is 2.68. The summed E-state index contributed by atoms with van der Waals surface area (Å²) in [6.07, 6.45) is 4.27. The second kappa shape index (κ2) is 6.08. The van der Waals surface area contributed by atoms with Gasteiger partial charge in [-0.05, 0) is 37.1 Å². The summed E-state index contributed by atoms with van der Waals surface area (Å²) in [4.78, 5) is 12.0. The van der Waals surface area contributed by atoms with Gasteiger partial charge in [0.05, 0.1) is 5.52 Å². The topological polar surface area (TPSA) is 46.1 Å². The van der Waals surface area contributed by atoms with Crippen LogP contribution in [0.4, 0.5) is 0 Å². The Kier molecular flexibility index (Phi) is 4.17. The molecule has 0 radical (unpaired) electrons. The minimum Gasteiger partial charge on any atom is -0.352 e. The van der Waals surface area contributed by atoms with E-state index in [1.807, 2.05) is 22.8 Å². The second-order valence-corrected chi connectivity index (χ2v) is 6.00. The molecule has 4 nitrogen and oxygen atoms in total. The fourth-order valence-electron chi connectivity index (χ4n) is 2.53. The summed E-state index contributed by atoms with van der Waals surface area (Å²) in [5.41, 5.74) is 2.21. The fraction of sp³-hybridized carbons (Fsp3) is 0.438. The van der Waals surface area contributed by atoms with E-state index in [2.05, 4.69) is 23.8 Å². The van der Waals surface area contributed by atoms with Gasteiger partial charge in [0.1, 0.15) is 6.54 Å². The molecular formula is C16H20ClN3O. The number of benzene rings is 1. The number of nitrogens with zero attached hydrogens (tertiary/aromatic N) is 1. The molecule has 0 atom stereocenters. The van der Waals surface area contributed by atoms with E-state index in [0.29, 0.717) is 17.6 Å². The Morgan fingerprint density at radius 1 is 1.43 bits per heavy atom. The van der Waals surface area contributed by atoms with Crippen LogP contribution in [-0.2, 0) is 17.9 Å². The van der Waals surface area contributed by atoms with E-state index in [1.165, 1.54) is 5.56 Å². The van der Waals surface area contributed by atoms with Gasteiger partial charge in [-0.15, -0.1) is 0 Å². The monoisotopic (exact) mass is 305 g/mol. The molecule has 1 aromatic carbocycles. The number of rotatable bonds is 6. The van der Waals surface area contributed by atoms with E-state index in [9.17, 15) is 4.79 Å². The largest absolute Gasteiger partial charge is 0.352 e. The van der Waals surface area contributed by atoms with E-state index >= 15 is 0 Å². The molecule has 1 heterocycles. The van der Waals surface area contributed by atoms with Crippen molar-refractivity contribution >= 4 is 28.4 Å². The SMILES string of the molecule is CCNCc1cn(CC(=O)NC2CC2)c2cc(Cl)ccc12. The van der Waals surface area contributed by atoms with Crippen LogP contribution in [0.2, 0.25) is 5.02 Å². The molecule has 0 spiro atoms. The summed E-state index contributed by atoms with van der Waals surface area (Å²) in [5, 5.41) is 8.21. The van der Waals surface area contributed by atoms with Crippen LogP contribution in [-0.4, -0.2) is 23.1 Å². The van der Waals surface area contributed by atoms with Crippen molar-refractivity contribution in [3.05, 3.63) is 35.0 Å². The van der Waals surface area contributed by atoms with Gasteiger partial charge in [0.2, 0.25) is 5.91 Å². The molecular weight excluding hydrogens is 286 g/mol. The van der Waals surface area contributed by atoms with Gasteiger partial charge in [-0.2, -0.15) is 0 Å². The maximum Gasteiger partial charge on any atom is 0.240 e. The quantitative estimate of drug-likeness (QED) is 0.862. The summed E-state index contributed by atoms with van der Waals surface area (Å²) in [5.74, 6) is 0.0735. The second-order valence-electron chi connectivity index (χ2n) is 5.57. The Labute approximate surface area is 129 Å². The standard InChI is InChI=1S/C16H20ClN3O/c1-2-18-8-11-9-20(10-16(21)19-13-4-5-13)15-7-12(17)3-6-14(11)15/h3,6-7,9,13,18H,2,4-5,8,10H2,1H3,(H,19,21). The van der Waals surface area contributed by atoms with Crippen molar-refractivity contribution in [1.82, 2.24) is 15.2 Å². The Balaban J connectivity index is 1.88. The Bertz CT molecular complexity index is 661. The molecule has 1 aliphatic rings. The fourth-order valence-corrected chi connectivity index (χ4v) is 2.69. The summed E-state index contributed by atoms with van der Waals surface area (Å²) in [6.45, 7) is 4.15. The maximum atomic E-state index is 12.0. The van der Waals surface area contributed by atoms with Crippen molar-refractivity contribution in [3.63, 3.8) is 0 Å². The zero-order valence-electron chi connectivity index (χ0n) is 12.2. The molecule has 21 heavy (non-hydrogen) atoms. The molecule has 0 bridgehead atoms. The summed E-state index contributed by atoms with van der Waals surface area (Å²) in [6, 6.07) is 6.24. The maximum absolute atomic E-state index is 12.0. The first-order chi connectivity index (χ1) is 10.2. The highest BCUT2D eigenvalue weighted by molar-refractivity contribution is 6.31. The average molecular weight is 306 g/mol. The van der Waals surface area contributed by atoms with E-state index in [-0.39, 0.29) is 5.91 Å². The molecule has 0 saturated heterocycles. The number of halogens is 1. The van der Waals surface area contributed by atoms with Crippen LogP contribution in [0.1, 0.15) is 25.3 Å². The lowest BCUT2D eigenvalue weighted by atomic mass is 10.2. The molecule has 5 heteroatoms. The van der Waals surface area contributed by atoms with Crippen molar-refractivity contribution in [3.8, 4) is 0 Å². The third kappa shape index (κ3) is 3.39. The molecule has 2 aromatic rings. The van der Waals surface area contributed by atoms with Gasteiger partial charge in [0, 0.05) is 29.2 Å². The van der Waals surface area contributed by atoms with Crippen LogP contribution in [0.25, 0.3) is 10.9 Å². The molecule has 3 rings (SSSR count). The number of carbonyl (C=O) groups excluding carboxylic acids is 1. The van der Waals surface area contributed by atoms with Gasteiger partial charge in [-0.25, -0.2) is 0 Å². The highest BCUT2D eigenvalue weighted by Gasteiger charge is 2.23. The first kappa shape index (κ1) is 14.4. The van der Waals surface area contributed by atoms with E-state index in [0.717, 1.165) is 36.8 Å². The smallest absolute Gasteiger partial charge is 0.240 e. The first-order valence-electron chi connectivity index (χ1n) is 7.44. The summed E-state index contributed by atoms with van der Waals surface area (Å²) >= 11 is 6.11. The van der Waals surface area contributed by atoms with Crippen LogP contribution < -0.4 is 10.6 Å². The molecule has 1 fully saturated rings. The number of amides is 1. The van der Waals surface area contributed by atoms with Crippen molar-refractivity contribution in [1.29, 1.82) is 0 Å². The normalized spacial score (nSPS) is 14.6. The predicted molar refractivity (Wildman–Crippen MR) is 85.5 cm³/mol. The number of fused-ring (bicyclic) bond motifs is 1. The average Bonchev–Trinajstić information content (AvgIpc) is 3.20. The lowest BCUT2D eigenvalue weighted by molar-refractivity contribution is -0.121. The molecule has 0 unspecified atom stereocenters. The van der Waals surface area contributed by atoms with Crippen LogP contribution in [0.15, 0.2) is 24.4 Å². The van der Waals surface area contributed by atoms with Crippen molar-refractivity contribution in [2.24, 2.45) is 0 Å². The third-order valence-corrected chi connectivity index (χ3v) is 3.98. The molecule has 1 aliphatic carbocycles. The van der Waals surface area contributed by atoms with Gasteiger partial charge < -0.3 is 15.2 Å². The minimum atomic E-state index is 0.0735. The van der Waals surface area contributed by atoms with Crippen molar-refractivity contribution in [2.75, 3.05) is 6.54 Å². The van der Waals surface area contributed by atoms with Crippen LogP contribution >= 0.6 is 11.6 Å². The van der Waals surface area contributed by atoms with Crippen molar-refractivity contribution < 1.29 is 4.79 Å². The van der Waals surface area contributed by atoms with E-state index in [1.54, 1.807) is 0 Å². The Hall–Kier alpha value is -1.52. The molecule has 0 aliphatic heterocycles. The molecule has 112 valence electrons. The number of aromatic nitrogens is 1. The van der Waals surface area contributed by atoms with Gasteiger partial charge in [0.25, 0.3) is 0 Å². The summed E-state index contributed by atoms with van der Waals surface area (Å²) in [7, 11) is 0. The molecule has 2 N–H and O–H groups in total. The van der Waals surface area contributed by atoms with Crippen LogP contribution in [0.5, 0.6) is 0 Å². The number of hydrogen-bond donors (Lipinski definition) is 2. The zero-order valence-corrected chi connectivity index (χ0v) is 12.9. The zero-order chi connectivity index (χ0) is 14.8. The molecule has 1 amide bonds. The third-order valence-electron chi connectivity index (χ3n) is 3.75. The van der Waals surface area contributed by atoms with E-state index in [4.69, 9.17) is 11.6 Å². The lowest BCUT2D eigenvalue weighted by Crippen LogP contribution is -2.29. The van der Waals surface area contributed by atoms with Crippen LogP contribution in [0, 0.1) is 0 Å². The number of carbonyl (C=O) groups is 1. The summed E-state index contributed by atoms with van der Waals surface area (Å²) < 4.78 is 1.99. The number of hydrogen-bond acceptors (Lipinski definition) is 2. The lowest BCUT2D eigenvalue weighted by Gasteiger charge is -2.06. The van der Waals surface area contributed by atoms with Crippen molar-refractivity contribution in [2.45, 2.75) is 38.9 Å². The van der Waals surface area contributed by atoms with Gasteiger partial charge >= 0.3 is 0 Å². The van der Waals surface area contributed by atoms with Gasteiger partial charge in [-0.3, -0.25) is 4.79 Å². The van der Waals surface area contributed by atoms with Gasteiger partial charge in [0.15, 0.2) is 0 Å². The van der Waals surface area contributed by atoms with Crippen LogP contribution in [0.3, 0.4) is 0 Å². The Morgan fingerprint density at radius 3 is 2.95 bits per heavy atom. The first-order valence-corrected chi connectivity index (χ1v) is 7.82. The Morgan fingerprint density at radius 2 is 2.24 bits per heavy atom. The van der Waals surface area contributed by atoms with Gasteiger partial charge in [-0.1, -0.05) is 24.6 Å². The van der Waals surface area contributed by atoms with E-state index < -0.39 is 0 Å². The molecule has 1 saturated carbocycles. The highest BCUT2D eigenvalue weighted by atomic mass is 35.5.